The lowest BCUT2D eigenvalue weighted by Gasteiger charge is -2.34. The van der Waals surface area contributed by atoms with Crippen LogP contribution in [0.5, 0.6) is 0 Å². The normalized spacial score (nSPS) is 16.0. The van der Waals surface area contributed by atoms with Crippen molar-refractivity contribution in [2.75, 3.05) is 44.6 Å². The van der Waals surface area contributed by atoms with Crippen molar-refractivity contribution in [1.82, 2.24) is 20.1 Å². The molecule has 7 heteroatoms. The van der Waals surface area contributed by atoms with Gasteiger partial charge in [-0.25, -0.2) is 9.78 Å². The number of thiazole rings is 1. The minimum Gasteiger partial charge on any atom is -0.337 e. The van der Waals surface area contributed by atoms with Crippen LogP contribution in [0.1, 0.15) is 5.56 Å². The Balaban J connectivity index is 1.30. The largest absolute Gasteiger partial charge is 0.337 e. The quantitative estimate of drug-likeness (QED) is 0.842. The van der Waals surface area contributed by atoms with E-state index < -0.39 is 0 Å². The molecule has 2 amide bonds. The van der Waals surface area contributed by atoms with E-state index in [4.69, 9.17) is 0 Å². The van der Waals surface area contributed by atoms with Gasteiger partial charge in [0.05, 0.1) is 0 Å². The van der Waals surface area contributed by atoms with Gasteiger partial charge in [-0.2, -0.15) is 0 Å². The highest BCUT2D eigenvalue weighted by molar-refractivity contribution is 7.13. The molecule has 0 bridgehead atoms. The SMILES string of the molecule is O=C(NCCN1CCN(Cc2ccccc2)CC1)Nc1nccs1. The van der Waals surface area contributed by atoms with Crippen molar-refractivity contribution >= 4 is 22.5 Å². The molecule has 0 saturated carbocycles. The van der Waals surface area contributed by atoms with E-state index in [2.05, 4.69) is 55.7 Å². The highest BCUT2D eigenvalue weighted by atomic mass is 32.1. The van der Waals surface area contributed by atoms with Gasteiger partial charge >= 0.3 is 6.03 Å². The zero-order chi connectivity index (χ0) is 16.6. The summed E-state index contributed by atoms with van der Waals surface area (Å²) in [5.74, 6) is 0. The molecule has 2 N–H and O–H groups in total. The smallest absolute Gasteiger partial charge is 0.321 e. The van der Waals surface area contributed by atoms with Gasteiger partial charge < -0.3 is 5.32 Å². The first-order chi connectivity index (χ1) is 11.8. The Morgan fingerprint density at radius 2 is 1.88 bits per heavy atom. The van der Waals surface area contributed by atoms with Crippen molar-refractivity contribution in [1.29, 1.82) is 0 Å². The summed E-state index contributed by atoms with van der Waals surface area (Å²) in [5, 5.41) is 8.07. The number of carbonyl (C=O) groups excluding carboxylic acids is 1. The third kappa shape index (κ3) is 5.30. The zero-order valence-electron chi connectivity index (χ0n) is 13.6. The average molecular weight is 345 g/mol. The van der Waals surface area contributed by atoms with Gasteiger partial charge in [-0.1, -0.05) is 30.3 Å². The van der Waals surface area contributed by atoms with Crippen molar-refractivity contribution in [3.8, 4) is 0 Å². The summed E-state index contributed by atoms with van der Waals surface area (Å²) in [6.45, 7) is 6.77. The predicted molar refractivity (Wildman–Crippen MR) is 97.3 cm³/mol. The molecule has 24 heavy (non-hydrogen) atoms. The summed E-state index contributed by atoms with van der Waals surface area (Å²) in [6, 6.07) is 10.4. The fraction of sp³-hybridized carbons (Fsp3) is 0.412. The summed E-state index contributed by atoms with van der Waals surface area (Å²) in [6.07, 6.45) is 1.68. The number of amides is 2. The number of hydrogen-bond donors (Lipinski definition) is 2. The van der Waals surface area contributed by atoms with Gasteiger partial charge in [-0.3, -0.25) is 15.1 Å². The van der Waals surface area contributed by atoms with Gasteiger partial charge in [-0.05, 0) is 5.56 Å². The molecule has 1 aromatic carbocycles. The van der Waals surface area contributed by atoms with E-state index in [9.17, 15) is 4.79 Å². The Bertz CT molecular complexity index is 611. The van der Waals surface area contributed by atoms with Gasteiger partial charge in [0, 0.05) is 57.4 Å². The zero-order valence-corrected chi connectivity index (χ0v) is 14.5. The van der Waals surface area contributed by atoms with Crippen LogP contribution in [0.2, 0.25) is 0 Å². The molecule has 0 atom stereocenters. The van der Waals surface area contributed by atoms with Gasteiger partial charge in [0.15, 0.2) is 5.13 Å². The summed E-state index contributed by atoms with van der Waals surface area (Å²) >= 11 is 1.41. The molecule has 0 unspecified atom stereocenters. The molecule has 1 fully saturated rings. The van der Waals surface area contributed by atoms with Gasteiger partial charge in [0.1, 0.15) is 0 Å². The molecule has 1 aliphatic heterocycles. The minimum absolute atomic E-state index is 0.187. The Hall–Kier alpha value is -1.96. The average Bonchev–Trinajstić information content (AvgIpc) is 3.10. The predicted octanol–water partition coefficient (Wildman–Crippen LogP) is 2.08. The van der Waals surface area contributed by atoms with Crippen LogP contribution in [0.3, 0.4) is 0 Å². The molecule has 6 nitrogen and oxygen atoms in total. The van der Waals surface area contributed by atoms with E-state index in [1.165, 1.54) is 16.9 Å². The van der Waals surface area contributed by atoms with Gasteiger partial charge in [0.2, 0.25) is 0 Å². The Kier molecular flexibility index (Phi) is 6.17. The molecule has 128 valence electrons. The highest BCUT2D eigenvalue weighted by Crippen LogP contribution is 2.10. The third-order valence-corrected chi connectivity index (χ3v) is 4.77. The van der Waals surface area contributed by atoms with Crippen LogP contribution < -0.4 is 10.6 Å². The van der Waals surface area contributed by atoms with Crippen LogP contribution in [0.15, 0.2) is 41.9 Å². The second-order valence-electron chi connectivity index (χ2n) is 5.82. The van der Waals surface area contributed by atoms with Crippen LogP contribution in [0.4, 0.5) is 9.93 Å². The number of aromatic nitrogens is 1. The van der Waals surface area contributed by atoms with Crippen LogP contribution >= 0.6 is 11.3 Å². The van der Waals surface area contributed by atoms with Crippen LogP contribution in [0, 0.1) is 0 Å². The number of anilines is 1. The maximum absolute atomic E-state index is 11.7. The molecular weight excluding hydrogens is 322 g/mol. The van der Waals surface area contributed by atoms with Crippen molar-refractivity contribution in [3.05, 3.63) is 47.5 Å². The van der Waals surface area contributed by atoms with E-state index >= 15 is 0 Å². The van der Waals surface area contributed by atoms with E-state index in [1.54, 1.807) is 6.20 Å². The number of benzene rings is 1. The third-order valence-electron chi connectivity index (χ3n) is 4.08. The topological polar surface area (TPSA) is 60.5 Å². The molecule has 0 aliphatic carbocycles. The molecule has 2 heterocycles. The van der Waals surface area contributed by atoms with E-state index in [0.717, 1.165) is 39.3 Å². The van der Waals surface area contributed by atoms with Crippen LogP contribution in [-0.4, -0.2) is 60.1 Å². The number of nitrogens with one attached hydrogen (secondary N) is 2. The van der Waals surface area contributed by atoms with Gasteiger partial charge in [-0.15, -0.1) is 11.3 Å². The van der Waals surface area contributed by atoms with Crippen molar-refractivity contribution in [2.24, 2.45) is 0 Å². The lowest BCUT2D eigenvalue weighted by molar-refractivity contribution is 0.128. The van der Waals surface area contributed by atoms with Crippen molar-refractivity contribution in [2.45, 2.75) is 6.54 Å². The first-order valence-corrected chi connectivity index (χ1v) is 9.10. The fourth-order valence-electron chi connectivity index (χ4n) is 2.77. The highest BCUT2D eigenvalue weighted by Gasteiger charge is 2.16. The van der Waals surface area contributed by atoms with Crippen molar-refractivity contribution < 1.29 is 4.79 Å². The number of urea groups is 1. The van der Waals surface area contributed by atoms with Crippen molar-refractivity contribution in [3.63, 3.8) is 0 Å². The number of rotatable bonds is 6. The number of hydrogen-bond acceptors (Lipinski definition) is 5. The molecule has 1 saturated heterocycles. The second-order valence-corrected chi connectivity index (χ2v) is 6.72. The summed E-state index contributed by atoms with van der Waals surface area (Å²) < 4.78 is 0. The monoisotopic (exact) mass is 345 g/mol. The molecule has 2 aromatic rings. The van der Waals surface area contributed by atoms with E-state index in [1.807, 2.05) is 5.38 Å². The standard InChI is InChI=1S/C17H23N5OS/c23-16(20-17-19-7-13-24-17)18-6-8-21-9-11-22(12-10-21)14-15-4-2-1-3-5-15/h1-5,7,13H,6,8-12,14H2,(H2,18,19,20,23). The Morgan fingerprint density at radius 3 is 2.58 bits per heavy atom. The lowest BCUT2D eigenvalue weighted by Crippen LogP contribution is -2.48. The molecular formula is C17H23N5OS. The number of piperazine rings is 1. The number of nitrogens with zero attached hydrogens (tertiary/aromatic N) is 3. The lowest BCUT2D eigenvalue weighted by atomic mass is 10.2. The summed E-state index contributed by atoms with van der Waals surface area (Å²) in [7, 11) is 0. The first kappa shape index (κ1) is 16.9. The molecule has 0 spiro atoms. The van der Waals surface area contributed by atoms with Gasteiger partial charge in [0.25, 0.3) is 0 Å². The fourth-order valence-corrected chi connectivity index (χ4v) is 3.29. The number of carbonyl (C=O) groups is 1. The first-order valence-electron chi connectivity index (χ1n) is 8.22. The van der Waals surface area contributed by atoms with E-state index in [0.29, 0.717) is 11.7 Å². The van der Waals surface area contributed by atoms with E-state index in [-0.39, 0.29) is 6.03 Å². The molecule has 0 radical (unpaired) electrons. The summed E-state index contributed by atoms with van der Waals surface area (Å²) in [5.41, 5.74) is 1.37. The maximum atomic E-state index is 11.7. The van der Waals surface area contributed by atoms with Crippen LogP contribution in [-0.2, 0) is 6.54 Å². The molecule has 1 aromatic heterocycles. The Morgan fingerprint density at radius 1 is 1.12 bits per heavy atom. The second kappa shape index (κ2) is 8.77. The summed E-state index contributed by atoms with van der Waals surface area (Å²) in [4.78, 5) is 20.6. The minimum atomic E-state index is -0.187. The Labute approximate surface area is 146 Å². The van der Waals surface area contributed by atoms with Crippen LogP contribution in [0.25, 0.3) is 0 Å². The molecule has 3 rings (SSSR count). The maximum Gasteiger partial charge on any atom is 0.321 e. The molecule has 1 aliphatic rings.